The Hall–Kier alpha value is -2.49. The van der Waals surface area contributed by atoms with E-state index in [9.17, 15) is 18.0 Å². The van der Waals surface area contributed by atoms with Crippen molar-refractivity contribution in [2.75, 3.05) is 49.6 Å². The quantitative estimate of drug-likeness (QED) is 0.865. The van der Waals surface area contributed by atoms with E-state index < -0.39 is 12.7 Å². The average molecular weight is 397 g/mol. The van der Waals surface area contributed by atoms with Gasteiger partial charge in [-0.15, -0.1) is 0 Å². The second kappa shape index (κ2) is 7.50. The van der Waals surface area contributed by atoms with Gasteiger partial charge >= 0.3 is 12.2 Å². The molecule has 152 valence electrons. The van der Waals surface area contributed by atoms with Gasteiger partial charge in [-0.25, -0.2) is 4.79 Å². The molecule has 1 N–H and O–H groups in total. The number of anilines is 2. The standard InChI is InChI=1S/C18H22F3N5O2/c19-18(20,21)12-26-14-5-3-4-13(24-8-10-28-11-9-24)15(14)16(23-26)22-17(27)25-6-1-2-7-25/h3-5H,1-2,6-12H2,(H,22,23,27). The summed E-state index contributed by atoms with van der Waals surface area (Å²) in [4.78, 5) is 16.3. The molecule has 3 heterocycles. The number of alkyl halides is 3. The van der Waals surface area contributed by atoms with Crippen LogP contribution in [-0.4, -0.2) is 66.3 Å². The molecule has 2 saturated heterocycles. The molecule has 0 unspecified atom stereocenters. The number of nitrogens with zero attached hydrogens (tertiary/aromatic N) is 4. The van der Waals surface area contributed by atoms with Gasteiger partial charge in [-0.1, -0.05) is 6.07 Å². The number of nitrogens with one attached hydrogen (secondary N) is 1. The number of ether oxygens (including phenoxy) is 1. The van der Waals surface area contributed by atoms with Crippen molar-refractivity contribution in [3.8, 4) is 0 Å². The molecule has 2 aliphatic heterocycles. The Morgan fingerprint density at radius 1 is 1.14 bits per heavy atom. The fraction of sp³-hybridized carbons (Fsp3) is 0.556. The van der Waals surface area contributed by atoms with Gasteiger partial charge in [0.2, 0.25) is 0 Å². The molecular weight excluding hydrogens is 375 g/mol. The number of halogens is 3. The molecule has 1 aromatic carbocycles. The Kier molecular flexibility index (Phi) is 5.05. The molecule has 0 spiro atoms. The van der Waals surface area contributed by atoms with Crippen molar-refractivity contribution >= 4 is 28.4 Å². The number of carbonyl (C=O) groups is 1. The van der Waals surface area contributed by atoms with E-state index >= 15 is 0 Å². The lowest BCUT2D eigenvalue weighted by atomic mass is 10.1. The molecule has 2 aromatic rings. The average Bonchev–Trinajstić information content (AvgIpc) is 3.30. The molecule has 1 aromatic heterocycles. The highest BCUT2D eigenvalue weighted by molar-refractivity contribution is 6.05. The molecule has 0 saturated carbocycles. The van der Waals surface area contributed by atoms with Gasteiger partial charge in [-0.05, 0) is 25.0 Å². The zero-order chi connectivity index (χ0) is 19.7. The lowest BCUT2D eigenvalue weighted by Gasteiger charge is -2.29. The number of carbonyl (C=O) groups excluding carboxylic acids is 1. The first-order valence-corrected chi connectivity index (χ1v) is 9.37. The van der Waals surface area contributed by atoms with Crippen LogP contribution >= 0.6 is 0 Å². The van der Waals surface area contributed by atoms with Crippen LogP contribution in [0.2, 0.25) is 0 Å². The molecule has 7 nitrogen and oxygen atoms in total. The smallest absolute Gasteiger partial charge is 0.378 e. The number of amides is 2. The first-order valence-electron chi connectivity index (χ1n) is 9.37. The maximum atomic E-state index is 13.1. The third-order valence-electron chi connectivity index (χ3n) is 5.06. The number of hydrogen-bond acceptors (Lipinski definition) is 4. The van der Waals surface area contributed by atoms with Crippen molar-refractivity contribution < 1.29 is 22.7 Å². The third kappa shape index (κ3) is 3.87. The van der Waals surface area contributed by atoms with Gasteiger partial charge in [0.15, 0.2) is 5.82 Å². The Morgan fingerprint density at radius 2 is 1.86 bits per heavy atom. The zero-order valence-electron chi connectivity index (χ0n) is 15.3. The Bertz CT molecular complexity index is 855. The van der Waals surface area contributed by atoms with Crippen molar-refractivity contribution in [3.05, 3.63) is 18.2 Å². The summed E-state index contributed by atoms with van der Waals surface area (Å²) in [6.45, 7) is 2.42. The highest BCUT2D eigenvalue weighted by atomic mass is 19.4. The van der Waals surface area contributed by atoms with E-state index in [2.05, 4.69) is 15.3 Å². The molecular formula is C18H22F3N5O2. The van der Waals surface area contributed by atoms with Crippen LogP contribution in [0.3, 0.4) is 0 Å². The van der Waals surface area contributed by atoms with Crippen molar-refractivity contribution in [1.82, 2.24) is 14.7 Å². The first kappa shape index (κ1) is 18.9. The van der Waals surface area contributed by atoms with Crippen LogP contribution < -0.4 is 10.2 Å². The number of morpholine rings is 1. The molecule has 0 atom stereocenters. The van der Waals surface area contributed by atoms with Gasteiger partial charge in [0.05, 0.1) is 29.8 Å². The van der Waals surface area contributed by atoms with E-state index in [4.69, 9.17) is 4.74 Å². The summed E-state index contributed by atoms with van der Waals surface area (Å²) in [7, 11) is 0. The molecule has 28 heavy (non-hydrogen) atoms. The first-order chi connectivity index (χ1) is 13.4. The van der Waals surface area contributed by atoms with Crippen LogP contribution in [0.4, 0.5) is 29.5 Å². The molecule has 0 bridgehead atoms. The number of likely N-dealkylation sites (tertiary alicyclic amines) is 1. The summed E-state index contributed by atoms with van der Waals surface area (Å²) in [6.07, 6.45) is -2.56. The predicted molar refractivity (Wildman–Crippen MR) is 98.6 cm³/mol. The van der Waals surface area contributed by atoms with Crippen molar-refractivity contribution in [2.24, 2.45) is 0 Å². The minimum absolute atomic E-state index is 0.165. The number of aromatic nitrogens is 2. The molecule has 2 fully saturated rings. The third-order valence-corrected chi connectivity index (χ3v) is 5.06. The SMILES string of the molecule is O=C(Nc1nn(CC(F)(F)F)c2cccc(N3CCOCC3)c12)N1CCCC1. The van der Waals surface area contributed by atoms with E-state index in [1.807, 2.05) is 6.07 Å². The summed E-state index contributed by atoms with van der Waals surface area (Å²) >= 11 is 0. The number of fused-ring (bicyclic) bond motifs is 1. The van der Waals surface area contributed by atoms with Crippen molar-refractivity contribution in [1.29, 1.82) is 0 Å². The zero-order valence-corrected chi connectivity index (χ0v) is 15.3. The molecule has 2 amide bonds. The van der Waals surface area contributed by atoms with E-state index in [1.54, 1.807) is 17.0 Å². The van der Waals surface area contributed by atoms with Crippen LogP contribution in [-0.2, 0) is 11.3 Å². The minimum atomic E-state index is -4.41. The second-order valence-corrected chi connectivity index (χ2v) is 7.02. The fourth-order valence-electron chi connectivity index (χ4n) is 3.76. The summed E-state index contributed by atoms with van der Waals surface area (Å²) in [5.74, 6) is 0.165. The summed E-state index contributed by atoms with van der Waals surface area (Å²) in [5, 5.41) is 7.39. The number of benzene rings is 1. The summed E-state index contributed by atoms with van der Waals surface area (Å²) in [5.41, 5.74) is 1.10. The largest absolute Gasteiger partial charge is 0.408 e. The summed E-state index contributed by atoms with van der Waals surface area (Å²) in [6, 6.07) is 4.84. The monoisotopic (exact) mass is 397 g/mol. The van der Waals surface area contributed by atoms with E-state index in [-0.39, 0.29) is 11.8 Å². The number of rotatable bonds is 3. The highest BCUT2D eigenvalue weighted by Crippen LogP contribution is 2.35. The predicted octanol–water partition coefficient (Wildman–Crippen LogP) is 3.06. The minimum Gasteiger partial charge on any atom is -0.378 e. The normalized spacial score (nSPS) is 18.1. The molecule has 4 rings (SSSR count). The van der Waals surface area contributed by atoms with Crippen LogP contribution in [0, 0.1) is 0 Å². The van der Waals surface area contributed by atoms with Gasteiger partial charge in [-0.3, -0.25) is 10.00 Å². The highest BCUT2D eigenvalue weighted by Gasteiger charge is 2.31. The van der Waals surface area contributed by atoms with Gasteiger partial charge in [0, 0.05) is 26.2 Å². The maximum Gasteiger partial charge on any atom is 0.408 e. The maximum absolute atomic E-state index is 13.1. The number of urea groups is 1. The van der Waals surface area contributed by atoms with Gasteiger partial charge in [0.25, 0.3) is 0 Å². The summed E-state index contributed by atoms with van der Waals surface area (Å²) < 4.78 is 45.5. The molecule has 10 heteroatoms. The number of hydrogen-bond donors (Lipinski definition) is 1. The Balaban J connectivity index is 1.75. The van der Waals surface area contributed by atoms with Gasteiger partial charge in [0.1, 0.15) is 6.54 Å². The van der Waals surface area contributed by atoms with E-state index in [0.29, 0.717) is 50.3 Å². The lowest BCUT2D eigenvalue weighted by molar-refractivity contribution is -0.141. The van der Waals surface area contributed by atoms with Crippen LogP contribution in [0.15, 0.2) is 18.2 Å². The molecule has 0 aliphatic carbocycles. The molecule has 2 aliphatic rings. The van der Waals surface area contributed by atoms with E-state index in [1.165, 1.54) is 0 Å². The molecule has 0 radical (unpaired) electrons. The second-order valence-electron chi connectivity index (χ2n) is 7.02. The topological polar surface area (TPSA) is 62.6 Å². The van der Waals surface area contributed by atoms with E-state index in [0.717, 1.165) is 23.2 Å². The van der Waals surface area contributed by atoms with Crippen LogP contribution in [0.25, 0.3) is 10.9 Å². The van der Waals surface area contributed by atoms with Crippen LogP contribution in [0.1, 0.15) is 12.8 Å². The van der Waals surface area contributed by atoms with Gasteiger partial charge in [-0.2, -0.15) is 18.3 Å². The van der Waals surface area contributed by atoms with Crippen LogP contribution in [0.5, 0.6) is 0 Å². The fourth-order valence-corrected chi connectivity index (χ4v) is 3.76. The Labute approximate surface area is 160 Å². The van der Waals surface area contributed by atoms with Crippen molar-refractivity contribution in [2.45, 2.75) is 25.6 Å². The van der Waals surface area contributed by atoms with Gasteiger partial charge < -0.3 is 14.5 Å². The Morgan fingerprint density at radius 3 is 2.54 bits per heavy atom. The lowest BCUT2D eigenvalue weighted by Crippen LogP contribution is -2.36. The van der Waals surface area contributed by atoms with Crippen molar-refractivity contribution in [3.63, 3.8) is 0 Å².